The summed E-state index contributed by atoms with van der Waals surface area (Å²) in [4.78, 5) is 0. The van der Waals surface area contributed by atoms with Gasteiger partial charge in [-0.2, -0.15) is 5.26 Å². The minimum atomic E-state index is 0.188. The second-order valence-corrected chi connectivity index (χ2v) is 6.09. The van der Waals surface area contributed by atoms with Gasteiger partial charge in [-0.3, -0.25) is 0 Å². The average Bonchev–Trinajstić information content (AvgIpc) is 3.28. The summed E-state index contributed by atoms with van der Waals surface area (Å²) in [6, 6.07) is 12.8. The lowest BCUT2D eigenvalue weighted by molar-refractivity contribution is 0.302. The molecule has 1 fully saturated rings. The van der Waals surface area contributed by atoms with Gasteiger partial charge in [-0.05, 0) is 37.1 Å². The van der Waals surface area contributed by atoms with Crippen LogP contribution in [-0.2, 0) is 0 Å². The number of halogens is 2. The van der Waals surface area contributed by atoms with E-state index in [0.29, 0.717) is 27.8 Å². The van der Waals surface area contributed by atoms with Gasteiger partial charge in [0.2, 0.25) is 0 Å². The van der Waals surface area contributed by atoms with Crippen LogP contribution in [0.4, 0.5) is 0 Å². The molecule has 1 aliphatic rings. The van der Waals surface area contributed by atoms with E-state index in [1.54, 1.807) is 12.1 Å². The third-order valence-electron chi connectivity index (χ3n) is 3.00. The molecule has 3 rings (SSSR count). The highest BCUT2D eigenvalue weighted by molar-refractivity contribution is 9.10. The summed E-state index contributed by atoms with van der Waals surface area (Å²) >= 11 is 9.58. The molecule has 0 spiro atoms. The van der Waals surface area contributed by atoms with Crippen molar-refractivity contribution in [1.82, 2.24) is 0 Å². The van der Waals surface area contributed by atoms with Crippen molar-refractivity contribution in [1.29, 1.82) is 5.26 Å². The SMILES string of the molecule is N#Cc1cc(Oc2ccc(Br)cc2)cc(Cl)c1OC1CC1. The lowest BCUT2D eigenvalue weighted by Gasteiger charge is -2.12. The first-order valence-corrected chi connectivity index (χ1v) is 7.66. The highest BCUT2D eigenvalue weighted by Gasteiger charge is 2.26. The van der Waals surface area contributed by atoms with Gasteiger partial charge in [0.05, 0.1) is 16.7 Å². The Balaban J connectivity index is 1.87. The van der Waals surface area contributed by atoms with Crippen molar-refractivity contribution in [2.24, 2.45) is 0 Å². The molecule has 106 valence electrons. The van der Waals surface area contributed by atoms with E-state index in [4.69, 9.17) is 21.1 Å². The van der Waals surface area contributed by atoms with E-state index in [9.17, 15) is 5.26 Å². The number of nitriles is 1. The van der Waals surface area contributed by atoms with Crippen LogP contribution in [-0.4, -0.2) is 6.10 Å². The van der Waals surface area contributed by atoms with Crippen molar-refractivity contribution in [3.63, 3.8) is 0 Å². The molecular weight excluding hydrogens is 354 g/mol. The van der Waals surface area contributed by atoms with Crippen molar-refractivity contribution in [3.8, 4) is 23.3 Å². The normalized spacial score (nSPS) is 13.6. The van der Waals surface area contributed by atoms with Gasteiger partial charge in [0.1, 0.15) is 17.6 Å². The van der Waals surface area contributed by atoms with Crippen molar-refractivity contribution in [3.05, 3.63) is 51.5 Å². The standard InChI is InChI=1S/C16H11BrClNO2/c17-11-1-3-12(4-2-11)20-14-7-10(9-19)16(15(18)8-14)21-13-5-6-13/h1-4,7-8,13H,5-6H2. The summed E-state index contributed by atoms with van der Waals surface area (Å²) in [6.07, 6.45) is 2.21. The van der Waals surface area contributed by atoms with Crippen LogP contribution in [0.5, 0.6) is 17.2 Å². The van der Waals surface area contributed by atoms with Crippen LogP contribution in [0.2, 0.25) is 5.02 Å². The molecule has 0 atom stereocenters. The first-order valence-electron chi connectivity index (χ1n) is 6.49. The Morgan fingerprint density at radius 2 is 1.86 bits per heavy atom. The van der Waals surface area contributed by atoms with E-state index in [-0.39, 0.29) is 6.10 Å². The lowest BCUT2D eigenvalue weighted by Crippen LogP contribution is -1.99. The van der Waals surface area contributed by atoms with E-state index >= 15 is 0 Å². The third-order valence-corrected chi connectivity index (χ3v) is 3.81. The number of rotatable bonds is 4. The Morgan fingerprint density at radius 3 is 2.48 bits per heavy atom. The zero-order chi connectivity index (χ0) is 14.8. The Hall–Kier alpha value is -1.70. The fourth-order valence-electron chi connectivity index (χ4n) is 1.82. The summed E-state index contributed by atoms with van der Waals surface area (Å²) in [5.41, 5.74) is 0.390. The molecule has 2 aromatic rings. The van der Waals surface area contributed by atoms with E-state index in [1.807, 2.05) is 24.3 Å². The molecule has 5 heteroatoms. The zero-order valence-electron chi connectivity index (χ0n) is 11.0. The molecule has 0 aromatic heterocycles. The van der Waals surface area contributed by atoms with Crippen LogP contribution in [0.15, 0.2) is 40.9 Å². The second kappa shape index (κ2) is 5.97. The molecule has 0 saturated heterocycles. The van der Waals surface area contributed by atoms with Crippen LogP contribution < -0.4 is 9.47 Å². The maximum atomic E-state index is 9.25. The number of hydrogen-bond acceptors (Lipinski definition) is 3. The van der Waals surface area contributed by atoms with Crippen LogP contribution in [0.1, 0.15) is 18.4 Å². The number of ether oxygens (including phenoxy) is 2. The molecule has 1 saturated carbocycles. The molecule has 0 radical (unpaired) electrons. The number of nitrogens with zero attached hydrogens (tertiary/aromatic N) is 1. The lowest BCUT2D eigenvalue weighted by atomic mass is 10.2. The van der Waals surface area contributed by atoms with Crippen molar-refractivity contribution in [2.75, 3.05) is 0 Å². The minimum absolute atomic E-state index is 0.188. The van der Waals surface area contributed by atoms with Gasteiger partial charge >= 0.3 is 0 Å². The maximum absolute atomic E-state index is 9.25. The van der Waals surface area contributed by atoms with Gasteiger partial charge in [0.15, 0.2) is 5.75 Å². The van der Waals surface area contributed by atoms with Gasteiger partial charge in [0.25, 0.3) is 0 Å². The summed E-state index contributed by atoms with van der Waals surface area (Å²) < 4.78 is 12.4. The van der Waals surface area contributed by atoms with Crippen molar-refractivity contribution in [2.45, 2.75) is 18.9 Å². The van der Waals surface area contributed by atoms with Crippen molar-refractivity contribution < 1.29 is 9.47 Å². The van der Waals surface area contributed by atoms with Crippen LogP contribution in [0.3, 0.4) is 0 Å². The Morgan fingerprint density at radius 1 is 1.14 bits per heavy atom. The minimum Gasteiger partial charge on any atom is -0.487 e. The molecule has 21 heavy (non-hydrogen) atoms. The fraction of sp³-hybridized carbons (Fsp3) is 0.188. The summed E-state index contributed by atoms with van der Waals surface area (Å²) in [5.74, 6) is 1.64. The van der Waals surface area contributed by atoms with E-state index in [0.717, 1.165) is 17.3 Å². The van der Waals surface area contributed by atoms with Crippen LogP contribution in [0, 0.1) is 11.3 Å². The Bertz CT molecular complexity index is 705. The highest BCUT2D eigenvalue weighted by Crippen LogP contribution is 2.38. The topological polar surface area (TPSA) is 42.2 Å². The second-order valence-electron chi connectivity index (χ2n) is 4.77. The molecular formula is C16H11BrClNO2. The summed E-state index contributed by atoms with van der Waals surface area (Å²) in [6.45, 7) is 0. The molecule has 0 unspecified atom stereocenters. The summed E-state index contributed by atoms with van der Waals surface area (Å²) in [7, 11) is 0. The van der Waals surface area contributed by atoms with E-state index in [1.165, 1.54) is 0 Å². The van der Waals surface area contributed by atoms with Gasteiger partial charge in [-0.1, -0.05) is 27.5 Å². The number of benzene rings is 2. The quantitative estimate of drug-likeness (QED) is 0.738. The molecule has 0 bridgehead atoms. The van der Waals surface area contributed by atoms with Gasteiger partial charge in [-0.15, -0.1) is 0 Å². The van der Waals surface area contributed by atoms with Crippen LogP contribution in [0.25, 0.3) is 0 Å². The Kier molecular flexibility index (Phi) is 4.05. The fourth-order valence-corrected chi connectivity index (χ4v) is 2.34. The van der Waals surface area contributed by atoms with Gasteiger partial charge < -0.3 is 9.47 Å². The molecule has 0 amide bonds. The molecule has 3 nitrogen and oxygen atoms in total. The predicted octanol–water partition coefficient (Wildman–Crippen LogP) is 5.31. The molecule has 0 N–H and O–H groups in total. The molecule has 2 aromatic carbocycles. The van der Waals surface area contributed by atoms with Gasteiger partial charge in [0, 0.05) is 16.6 Å². The van der Waals surface area contributed by atoms with Gasteiger partial charge in [-0.25, -0.2) is 0 Å². The zero-order valence-corrected chi connectivity index (χ0v) is 13.3. The first-order chi connectivity index (χ1) is 10.2. The smallest absolute Gasteiger partial charge is 0.156 e. The number of hydrogen-bond donors (Lipinski definition) is 0. The van der Waals surface area contributed by atoms with E-state index in [2.05, 4.69) is 22.0 Å². The predicted molar refractivity (Wildman–Crippen MR) is 84.0 cm³/mol. The highest BCUT2D eigenvalue weighted by atomic mass is 79.9. The third kappa shape index (κ3) is 3.49. The summed E-state index contributed by atoms with van der Waals surface area (Å²) in [5, 5.41) is 9.65. The largest absolute Gasteiger partial charge is 0.487 e. The Labute approximate surface area is 136 Å². The monoisotopic (exact) mass is 363 g/mol. The molecule has 0 aliphatic heterocycles. The van der Waals surface area contributed by atoms with Crippen molar-refractivity contribution >= 4 is 27.5 Å². The first kappa shape index (κ1) is 14.2. The van der Waals surface area contributed by atoms with E-state index < -0.39 is 0 Å². The van der Waals surface area contributed by atoms with Crippen LogP contribution >= 0.6 is 27.5 Å². The molecule has 1 aliphatic carbocycles. The maximum Gasteiger partial charge on any atom is 0.156 e. The average molecular weight is 365 g/mol. The molecule has 0 heterocycles.